The van der Waals surface area contributed by atoms with E-state index in [2.05, 4.69) is 27.8 Å². The zero-order valence-corrected chi connectivity index (χ0v) is 18.1. The zero-order valence-electron chi connectivity index (χ0n) is 15.7. The van der Waals surface area contributed by atoms with Gasteiger partial charge < -0.3 is 14.8 Å². The molecule has 0 unspecified atom stereocenters. The van der Waals surface area contributed by atoms with Crippen LogP contribution >= 0.6 is 27.5 Å². The first-order valence-electron chi connectivity index (χ1n) is 8.80. The molecule has 0 amide bonds. The minimum Gasteiger partial charge on any atom is -0.496 e. The molecule has 148 valence electrons. The SMILES string of the molecule is C=CCOc1ccc(C(=O)c2ccc(Nc3ccc(Br)cc3)cc2Cl)c(OC)c1. The number of anilines is 2. The summed E-state index contributed by atoms with van der Waals surface area (Å²) in [7, 11) is 1.51. The van der Waals surface area contributed by atoms with Crippen LogP contribution in [0.1, 0.15) is 15.9 Å². The van der Waals surface area contributed by atoms with Gasteiger partial charge in [-0.3, -0.25) is 4.79 Å². The van der Waals surface area contributed by atoms with Crippen molar-refractivity contribution in [2.75, 3.05) is 19.0 Å². The van der Waals surface area contributed by atoms with Crippen LogP contribution in [0.25, 0.3) is 0 Å². The Labute approximate surface area is 183 Å². The van der Waals surface area contributed by atoms with Crippen molar-refractivity contribution in [2.24, 2.45) is 0 Å². The lowest BCUT2D eigenvalue weighted by atomic mass is 10.0. The van der Waals surface area contributed by atoms with Gasteiger partial charge >= 0.3 is 0 Å². The molecule has 0 fully saturated rings. The average Bonchev–Trinajstić information content (AvgIpc) is 2.73. The van der Waals surface area contributed by atoms with Gasteiger partial charge in [-0.15, -0.1) is 0 Å². The van der Waals surface area contributed by atoms with Gasteiger partial charge in [0.15, 0.2) is 5.78 Å². The number of benzene rings is 3. The highest BCUT2D eigenvalue weighted by atomic mass is 79.9. The van der Waals surface area contributed by atoms with Crippen molar-refractivity contribution in [3.8, 4) is 11.5 Å². The van der Waals surface area contributed by atoms with E-state index in [1.807, 2.05) is 30.3 Å². The minimum absolute atomic E-state index is 0.225. The van der Waals surface area contributed by atoms with Crippen LogP contribution in [0.4, 0.5) is 11.4 Å². The second-order valence-electron chi connectivity index (χ2n) is 6.12. The first-order chi connectivity index (χ1) is 14.0. The Morgan fingerprint density at radius 3 is 2.41 bits per heavy atom. The molecule has 0 spiro atoms. The summed E-state index contributed by atoms with van der Waals surface area (Å²) >= 11 is 9.83. The maximum absolute atomic E-state index is 13.0. The molecule has 3 rings (SSSR count). The Morgan fingerprint density at radius 2 is 1.76 bits per heavy atom. The Bertz CT molecular complexity index is 1030. The first-order valence-corrected chi connectivity index (χ1v) is 9.97. The summed E-state index contributed by atoms with van der Waals surface area (Å²) in [5.41, 5.74) is 2.51. The number of carbonyl (C=O) groups excluding carboxylic acids is 1. The third-order valence-electron chi connectivity index (χ3n) is 4.13. The number of carbonyl (C=O) groups is 1. The lowest BCUT2D eigenvalue weighted by molar-refractivity contribution is 0.103. The lowest BCUT2D eigenvalue weighted by Gasteiger charge is -2.12. The van der Waals surface area contributed by atoms with Crippen molar-refractivity contribution >= 4 is 44.7 Å². The normalized spacial score (nSPS) is 10.3. The van der Waals surface area contributed by atoms with E-state index in [-0.39, 0.29) is 5.78 Å². The quantitative estimate of drug-likeness (QED) is 0.294. The molecular formula is C23H19BrClNO3. The summed E-state index contributed by atoms with van der Waals surface area (Å²) in [5.74, 6) is 0.792. The smallest absolute Gasteiger partial charge is 0.198 e. The summed E-state index contributed by atoms with van der Waals surface area (Å²) in [6, 6.07) is 18.1. The molecule has 29 heavy (non-hydrogen) atoms. The third kappa shape index (κ3) is 5.19. The number of ether oxygens (including phenoxy) is 2. The van der Waals surface area contributed by atoms with Crippen molar-refractivity contribution < 1.29 is 14.3 Å². The maximum atomic E-state index is 13.0. The van der Waals surface area contributed by atoms with Crippen molar-refractivity contribution in [3.63, 3.8) is 0 Å². The summed E-state index contributed by atoms with van der Waals surface area (Å²) in [6.45, 7) is 3.99. The topological polar surface area (TPSA) is 47.6 Å². The summed E-state index contributed by atoms with van der Waals surface area (Å²) in [4.78, 5) is 13.0. The van der Waals surface area contributed by atoms with Crippen molar-refractivity contribution in [2.45, 2.75) is 0 Å². The van der Waals surface area contributed by atoms with E-state index in [4.69, 9.17) is 21.1 Å². The largest absolute Gasteiger partial charge is 0.496 e. The highest BCUT2D eigenvalue weighted by Gasteiger charge is 2.18. The number of hydrogen-bond donors (Lipinski definition) is 1. The first kappa shape index (κ1) is 21.0. The molecule has 0 aliphatic heterocycles. The molecule has 0 saturated carbocycles. The van der Waals surface area contributed by atoms with Gasteiger partial charge in [0, 0.05) is 27.5 Å². The number of ketones is 1. The fourth-order valence-corrected chi connectivity index (χ4v) is 3.26. The molecule has 0 aromatic heterocycles. The standard InChI is InChI=1S/C23H19BrClNO3/c1-3-12-29-18-9-11-20(22(14-18)28-2)23(27)19-10-8-17(13-21(19)25)26-16-6-4-15(24)5-7-16/h3-11,13-14,26H,1,12H2,2H3. The number of nitrogens with one attached hydrogen (secondary N) is 1. The fraction of sp³-hybridized carbons (Fsp3) is 0.0870. The van der Waals surface area contributed by atoms with Gasteiger partial charge in [0.25, 0.3) is 0 Å². The molecule has 0 aliphatic rings. The second kappa shape index (κ2) is 9.63. The number of hydrogen-bond acceptors (Lipinski definition) is 4. The molecule has 0 aliphatic carbocycles. The van der Waals surface area contributed by atoms with Crippen LogP contribution in [0.2, 0.25) is 5.02 Å². The van der Waals surface area contributed by atoms with E-state index in [1.54, 1.807) is 36.4 Å². The molecule has 0 saturated heterocycles. The molecule has 3 aromatic rings. The summed E-state index contributed by atoms with van der Waals surface area (Å²) in [6.07, 6.45) is 1.65. The van der Waals surface area contributed by atoms with Crippen molar-refractivity contribution in [3.05, 3.63) is 93.9 Å². The van der Waals surface area contributed by atoms with Crippen molar-refractivity contribution in [1.29, 1.82) is 0 Å². The van der Waals surface area contributed by atoms with Gasteiger partial charge in [0.05, 0.1) is 17.7 Å². The molecule has 0 heterocycles. The summed E-state index contributed by atoms with van der Waals surface area (Å²) < 4.78 is 11.9. The molecule has 4 nitrogen and oxygen atoms in total. The van der Waals surface area contributed by atoms with Crippen LogP contribution in [-0.4, -0.2) is 19.5 Å². The zero-order chi connectivity index (χ0) is 20.8. The van der Waals surface area contributed by atoms with E-state index in [1.165, 1.54) is 7.11 Å². The number of methoxy groups -OCH3 is 1. The van der Waals surface area contributed by atoms with Gasteiger partial charge in [0.2, 0.25) is 0 Å². The van der Waals surface area contributed by atoms with Gasteiger partial charge in [-0.2, -0.15) is 0 Å². The molecule has 0 bridgehead atoms. The highest BCUT2D eigenvalue weighted by molar-refractivity contribution is 9.10. The van der Waals surface area contributed by atoms with Crippen LogP contribution in [0.5, 0.6) is 11.5 Å². The van der Waals surface area contributed by atoms with E-state index in [9.17, 15) is 4.79 Å². The third-order valence-corrected chi connectivity index (χ3v) is 4.97. The Balaban J connectivity index is 1.83. The number of halogens is 2. The van der Waals surface area contributed by atoms with Gasteiger partial charge in [-0.05, 0) is 54.6 Å². The molecular weight excluding hydrogens is 454 g/mol. The fourth-order valence-electron chi connectivity index (χ4n) is 2.73. The van der Waals surface area contributed by atoms with Crippen LogP contribution < -0.4 is 14.8 Å². The summed E-state index contributed by atoms with van der Waals surface area (Å²) in [5, 5.41) is 3.61. The van der Waals surface area contributed by atoms with Gasteiger partial charge in [-0.1, -0.05) is 40.2 Å². The highest BCUT2D eigenvalue weighted by Crippen LogP contribution is 2.31. The van der Waals surface area contributed by atoms with Crippen LogP contribution in [0.3, 0.4) is 0 Å². The Hall–Kier alpha value is -2.76. The van der Waals surface area contributed by atoms with Gasteiger partial charge in [0.1, 0.15) is 18.1 Å². The average molecular weight is 473 g/mol. The molecule has 6 heteroatoms. The molecule has 0 radical (unpaired) electrons. The van der Waals surface area contributed by atoms with E-state index in [0.29, 0.717) is 34.3 Å². The Morgan fingerprint density at radius 1 is 1.07 bits per heavy atom. The second-order valence-corrected chi connectivity index (χ2v) is 7.44. The molecule has 3 aromatic carbocycles. The van der Waals surface area contributed by atoms with Gasteiger partial charge in [-0.25, -0.2) is 0 Å². The van der Waals surface area contributed by atoms with Crippen LogP contribution in [-0.2, 0) is 0 Å². The lowest BCUT2D eigenvalue weighted by Crippen LogP contribution is -2.06. The predicted octanol–water partition coefficient (Wildman–Crippen LogP) is 6.65. The van der Waals surface area contributed by atoms with E-state index < -0.39 is 0 Å². The van der Waals surface area contributed by atoms with Crippen LogP contribution in [0.15, 0.2) is 77.8 Å². The van der Waals surface area contributed by atoms with Crippen LogP contribution in [0, 0.1) is 0 Å². The van der Waals surface area contributed by atoms with Crippen molar-refractivity contribution in [1.82, 2.24) is 0 Å². The minimum atomic E-state index is -0.225. The van der Waals surface area contributed by atoms with E-state index in [0.717, 1.165) is 15.8 Å². The predicted molar refractivity (Wildman–Crippen MR) is 121 cm³/mol. The molecule has 1 N–H and O–H groups in total. The monoisotopic (exact) mass is 471 g/mol. The number of rotatable bonds is 8. The Kier molecular flexibility index (Phi) is 6.96. The maximum Gasteiger partial charge on any atom is 0.198 e. The van der Waals surface area contributed by atoms with E-state index >= 15 is 0 Å². The molecule has 0 atom stereocenters.